The number of H-pyrrole nitrogens is 1. The summed E-state index contributed by atoms with van der Waals surface area (Å²) in [6, 6.07) is 13.0. The molecule has 4 rings (SSSR count). The molecule has 3 aromatic rings. The predicted molar refractivity (Wildman–Crippen MR) is 96.8 cm³/mol. The largest absolute Gasteiger partial charge is 0.358 e. The average molecular weight is 336 g/mol. The van der Waals surface area contributed by atoms with Crippen LogP contribution in [0.3, 0.4) is 0 Å². The Kier molecular flexibility index (Phi) is 4.04. The number of hydrogen-bond donors (Lipinski definition) is 2. The lowest BCUT2D eigenvalue weighted by molar-refractivity contribution is -0.125. The highest BCUT2D eigenvalue weighted by Crippen LogP contribution is 2.32. The fourth-order valence-electron chi connectivity index (χ4n) is 3.77. The Labute approximate surface area is 146 Å². The molecule has 1 aromatic heterocycles. The summed E-state index contributed by atoms with van der Waals surface area (Å²) in [6.45, 7) is 2.59. The lowest BCUT2D eigenvalue weighted by Gasteiger charge is -2.22. The third kappa shape index (κ3) is 3.16. The van der Waals surface area contributed by atoms with Gasteiger partial charge in [0.1, 0.15) is 5.82 Å². The van der Waals surface area contributed by atoms with Gasteiger partial charge < -0.3 is 10.3 Å². The highest BCUT2D eigenvalue weighted by molar-refractivity contribution is 5.87. The molecule has 3 nitrogen and oxygen atoms in total. The van der Waals surface area contributed by atoms with E-state index in [4.69, 9.17) is 0 Å². The Morgan fingerprint density at radius 3 is 3.00 bits per heavy atom. The maximum atomic E-state index is 13.6. The molecule has 0 radical (unpaired) electrons. The van der Waals surface area contributed by atoms with Crippen LogP contribution in [0.5, 0.6) is 0 Å². The Balaban J connectivity index is 1.49. The maximum absolute atomic E-state index is 13.6. The zero-order valence-corrected chi connectivity index (χ0v) is 14.2. The molecular weight excluding hydrogens is 315 g/mol. The average Bonchev–Trinajstić information content (AvgIpc) is 2.97. The van der Waals surface area contributed by atoms with Crippen LogP contribution in [0.25, 0.3) is 10.9 Å². The molecular formula is C21H21FN2O. The van der Waals surface area contributed by atoms with Gasteiger partial charge in [-0.1, -0.05) is 29.8 Å². The number of carbonyl (C=O) groups excluding carboxylic acids is 1. The zero-order valence-electron chi connectivity index (χ0n) is 14.2. The van der Waals surface area contributed by atoms with Crippen LogP contribution in [-0.4, -0.2) is 10.9 Å². The first-order valence-corrected chi connectivity index (χ1v) is 8.72. The number of benzene rings is 2. The number of aryl methyl sites for hydroxylation is 2. The summed E-state index contributed by atoms with van der Waals surface area (Å²) >= 11 is 0. The molecule has 1 aliphatic carbocycles. The quantitative estimate of drug-likeness (QED) is 0.745. The van der Waals surface area contributed by atoms with Gasteiger partial charge >= 0.3 is 0 Å². The SMILES string of the molecule is Cc1cccc(CNC(=O)C2CCc3[nH]c4ccc(F)cc4c3C2)c1. The molecule has 0 fully saturated rings. The van der Waals surface area contributed by atoms with Gasteiger partial charge in [-0.25, -0.2) is 4.39 Å². The number of halogens is 1. The summed E-state index contributed by atoms with van der Waals surface area (Å²) < 4.78 is 13.6. The fraction of sp³-hybridized carbons (Fsp3) is 0.286. The van der Waals surface area contributed by atoms with Gasteiger partial charge in [0.2, 0.25) is 5.91 Å². The smallest absolute Gasteiger partial charge is 0.223 e. The first-order valence-electron chi connectivity index (χ1n) is 8.72. The van der Waals surface area contributed by atoms with Gasteiger partial charge in [0, 0.05) is 29.1 Å². The lowest BCUT2D eigenvalue weighted by Crippen LogP contribution is -2.33. The molecule has 1 heterocycles. The van der Waals surface area contributed by atoms with Crippen LogP contribution in [0.4, 0.5) is 4.39 Å². The molecule has 128 valence electrons. The maximum Gasteiger partial charge on any atom is 0.223 e. The third-order valence-electron chi connectivity index (χ3n) is 5.07. The van der Waals surface area contributed by atoms with E-state index in [1.165, 1.54) is 11.6 Å². The number of amides is 1. The Bertz CT molecular complexity index is 944. The molecule has 0 spiro atoms. The summed E-state index contributed by atoms with van der Waals surface area (Å²) in [5.74, 6) is -0.210. The highest BCUT2D eigenvalue weighted by Gasteiger charge is 2.27. The summed E-state index contributed by atoms with van der Waals surface area (Å²) in [5, 5.41) is 3.96. The van der Waals surface area contributed by atoms with Gasteiger partial charge in [-0.3, -0.25) is 4.79 Å². The Morgan fingerprint density at radius 1 is 1.28 bits per heavy atom. The van der Waals surface area contributed by atoms with Crippen LogP contribution < -0.4 is 5.32 Å². The van der Waals surface area contributed by atoms with Crippen molar-refractivity contribution in [2.75, 3.05) is 0 Å². The summed E-state index contributed by atoms with van der Waals surface area (Å²) in [7, 11) is 0. The Hall–Kier alpha value is -2.62. The first-order chi connectivity index (χ1) is 12.1. The number of carbonyl (C=O) groups is 1. The molecule has 1 unspecified atom stereocenters. The van der Waals surface area contributed by atoms with Crippen LogP contribution in [-0.2, 0) is 24.2 Å². The van der Waals surface area contributed by atoms with Crippen LogP contribution >= 0.6 is 0 Å². The molecule has 0 saturated heterocycles. The molecule has 0 aliphatic heterocycles. The second kappa shape index (κ2) is 6.36. The highest BCUT2D eigenvalue weighted by atomic mass is 19.1. The van der Waals surface area contributed by atoms with E-state index in [9.17, 15) is 9.18 Å². The van der Waals surface area contributed by atoms with Gasteiger partial charge in [-0.05, 0) is 55.5 Å². The van der Waals surface area contributed by atoms with Crippen molar-refractivity contribution in [3.05, 3.63) is 70.7 Å². The van der Waals surface area contributed by atoms with Crippen molar-refractivity contribution in [1.82, 2.24) is 10.3 Å². The molecule has 0 bridgehead atoms. The van der Waals surface area contributed by atoms with Crippen molar-refractivity contribution in [2.45, 2.75) is 32.7 Å². The van der Waals surface area contributed by atoms with Crippen molar-refractivity contribution >= 4 is 16.8 Å². The molecule has 2 N–H and O–H groups in total. The van der Waals surface area contributed by atoms with Gasteiger partial charge in [0.25, 0.3) is 0 Å². The van der Waals surface area contributed by atoms with E-state index < -0.39 is 0 Å². The van der Waals surface area contributed by atoms with Crippen LogP contribution in [0.15, 0.2) is 42.5 Å². The lowest BCUT2D eigenvalue weighted by atomic mass is 9.85. The standard InChI is InChI=1S/C21H21FN2O/c1-13-3-2-4-14(9-13)12-23-21(25)15-5-7-19-17(10-15)18-11-16(22)6-8-20(18)24-19/h2-4,6,8-9,11,15,24H,5,7,10,12H2,1H3,(H,23,25). The van der Waals surface area contributed by atoms with Crippen molar-refractivity contribution in [3.8, 4) is 0 Å². The fourth-order valence-corrected chi connectivity index (χ4v) is 3.77. The van der Waals surface area contributed by atoms with E-state index >= 15 is 0 Å². The predicted octanol–water partition coefficient (Wildman–Crippen LogP) is 4.04. The van der Waals surface area contributed by atoms with Gasteiger partial charge in [-0.15, -0.1) is 0 Å². The van der Waals surface area contributed by atoms with Crippen LogP contribution in [0.1, 0.15) is 28.8 Å². The van der Waals surface area contributed by atoms with Crippen LogP contribution in [0, 0.1) is 18.7 Å². The van der Waals surface area contributed by atoms with Crippen molar-refractivity contribution in [2.24, 2.45) is 5.92 Å². The number of nitrogens with one attached hydrogen (secondary N) is 2. The topological polar surface area (TPSA) is 44.9 Å². The van der Waals surface area contributed by atoms with Gasteiger partial charge in [0.15, 0.2) is 0 Å². The number of hydrogen-bond acceptors (Lipinski definition) is 1. The zero-order chi connectivity index (χ0) is 17.4. The van der Waals surface area contributed by atoms with E-state index in [1.54, 1.807) is 12.1 Å². The van der Waals surface area contributed by atoms with Crippen molar-refractivity contribution in [1.29, 1.82) is 0 Å². The van der Waals surface area contributed by atoms with E-state index in [2.05, 4.69) is 16.4 Å². The minimum Gasteiger partial charge on any atom is -0.358 e. The van der Waals surface area contributed by atoms with E-state index in [1.807, 2.05) is 25.1 Å². The van der Waals surface area contributed by atoms with Gasteiger partial charge in [-0.2, -0.15) is 0 Å². The molecule has 2 aromatic carbocycles. The Morgan fingerprint density at radius 2 is 2.16 bits per heavy atom. The van der Waals surface area contributed by atoms with Crippen molar-refractivity contribution < 1.29 is 9.18 Å². The van der Waals surface area contributed by atoms with Crippen molar-refractivity contribution in [3.63, 3.8) is 0 Å². The number of aromatic amines is 1. The van der Waals surface area contributed by atoms with E-state index in [-0.39, 0.29) is 17.6 Å². The number of aromatic nitrogens is 1. The van der Waals surface area contributed by atoms with Crippen LogP contribution in [0.2, 0.25) is 0 Å². The molecule has 1 aliphatic rings. The normalized spacial score (nSPS) is 16.6. The monoisotopic (exact) mass is 336 g/mol. The minimum absolute atomic E-state index is 0.0559. The van der Waals surface area contributed by atoms with Gasteiger partial charge in [0.05, 0.1) is 0 Å². The molecule has 0 saturated carbocycles. The first kappa shape index (κ1) is 15.9. The summed E-state index contributed by atoms with van der Waals surface area (Å²) in [5.41, 5.74) is 5.49. The molecule has 1 atom stereocenters. The molecule has 1 amide bonds. The summed E-state index contributed by atoms with van der Waals surface area (Å²) in [4.78, 5) is 16.0. The summed E-state index contributed by atoms with van der Waals surface area (Å²) in [6.07, 6.45) is 2.31. The van der Waals surface area contributed by atoms with E-state index in [0.717, 1.165) is 40.6 Å². The van der Waals surface area contributed by atoms with E-state index in [0.29, 0.717) is 13.0 Å². The minimum atomic E-state index is -0.236. The number of rotatable bonds is 3. The second-order valence-electron chi connectivity index (χ2n) is 6.92. The molecule has 4 heteroatoms. The second-order valence-corrected chi connectivity index (χ2v) is 6.92. The molecule has 25 heavy (non-hydrogen) atoms. The number of fused-ring (bicyclic) bond motifs is 3. The third-order valence-corrected chi connectivity index (χ3v) is 5.07.